The zero-order valence-electron chi connectivity index (χ0n) is 7.62. The molecule has 1 heteroatoms. The highest BCUT2D eigenvalue weighted by molar-refractivity contribution is 5.73. The molecule has 0 N–H and O–H groups in total. The molecule has 0 aliphatic carbocycles. The van der Waals surface area contributed by atoms with Gasteiger partial charge in [-0.05, 0) is 30.2 Å². The molecule has 0 spiro atoms. The van der Waals surface area contributed by atoms with Crippen molar-refractivity contribution in [3.8, 4) is 6.07 Å². The molecule has 0 saturated heterocycles. The highest BCUT2D eigenvalue weighted by atomic mass is 14.2. The van der Waals surface area contributed by atoms with Crippen molar-refractivity contribution in [2.24, 2.45) is 0 Å². The second-order valence-corrected chi connectivity index (χ2v) is 2.64. The van der Waals surface area contributed by atoms with Crippen molar-refractivity contribution in [2.45, 2.75) is 6.92 Å². The minimum absolute atomic E-state index is 0.679. The van der Waals surface area contributed by atoms with Crippen LogP contribution in [0.15, 0.2) is 43.0 Å². The number of hydrogen-bond acceptors (Lipinski definition) is 1. The molecule has 0 aliphatic heterocycles. The Bertz CT molecular complexity index is 380. The third-order valence-corrected chi connectivity index (χ3v) is 1.86. The second kappa shape index (κ2) is 4.27. The molecule has 0 fully saturated rings. The van der Waals surface area contributed by atoms with Crippen molar-refractivity contribution in [1.29, 1.82) is 5.26 Å². The Morgan fingerprint density at radius 1 is 1.54 bits per heavy atom. The van der Waals surface area contributed by atoms with Gasteiger partial charge in [-0.2, -0.15) is 5.26 Å². The van der Waals surface area contributed by atoms with Gasteiger partial charge in [0.05, 0.1) is 11.6 Å². The van der Waals surface area contributed by atoms with Gasteiger partial charge in [0.2, 0.25) is 0 Å². The average molecular weight is 169 g/mol. The van der Waals surface area contributed by atoms with E-state index in [0.717, 1.165) is 11.1 Å². The van der Waals surface area contributed by atoms with Gasteiger partial charge in [0.15, 0.2) is 0 Å². The first-order chi connectivity index (χ1) is 6.31. The maximum absolute atomic E-state index is 8.69. The van der Waals surface area contributed by atoms with Gasteiger partial charge < -0.3 is 0 Å². The third kappa shape index (κ3) is 2.07. The predicted octanol–water partition coefficient (Wildman–Crippen LogP) is 3.15. The summed E-state index contributed by atoms with van der Waals surface area (Å²) in [6.07, 6.45) is 3.76. The molecule has 0 radical (unpaired) electrons. The zero-order chi connectivity index (χ0) is 9.68. The quantitative estimate of drug-likeness (QED) is 0.624. The average Bonchev–Trinajstić information content (AvgIpc) is 2.20. The van der Waals surface area contributed by atoms with Crippen molar-refractivity contribution in [3.63, 3.8) is 0 Å². The normalized spacial score (nSPS) is 10.6. The van der Waals surface area contributed by atoms with Gasteiger partial charge in [-0.1, -0.05) is 30.9 Å². The van der Waals surface area contributed by atoms with Gasteiger partial charge in [0.1, 0.15) is 0 Å². The first kappa shape index (κ1) is 9.28. The molecule has 1 rings (SSSR count). The van der Waals surface area contributed by atoms with Crippen LogP contribution in [-0.4, -0.2) is 0 Å². The highest BCUT2D eigenvalue weighted by Gasteiger charge is 1.96. The van der Waals surface area contributed by atoms with Crippen molar-refractivity contribution >= 4 is 5.57 Å². The van der Waals surface area contributed by atoms with Gasteiger partial charge >= 0.3 is 0 Å². The van der Waals surface area contributed by atoms with E-state index in [1.807, 2.05) is 31.2 Å². The number of nitriles is 1. The molecule has 0 atom stereocenters. The molecule has 0 heterocycles. The van der Waals surface area contributed by atoms with Crippen LogP contribution < -0.4 is 0 Å². The van der Waals surface area contributed by atoms with E-state index in [9.17, 15) is 0 Å². The molecular weight excluding hydrogens is 158 g/mol. The van der Waals surface area contributed by atoms with Gasteiger partial charge in [-0.25, -0.2) is 0 Å². The smallest absolute Gasteiger partial charge is 0.0991 e. The topological polar surface area (TPSA) is 23.8 Å². The summed E-state index contributed by atoms with van der Waals surface area (Å²) in [4.78, 5) is 0. The van der Waals surface area contributed by atoms with E-state index in [4.69, 9.17) is 5.26 Å². The van der Waals surface area contributed by atoms with Gasteiger partial charge in [0, 0.05) is 0 Å². The maximum Gasteiger partial charge on any atom is 0.0991 e. The predicted molar refractivity (Wildman–Crippen MR) is 55.0 cm³/mol. The van der Waals surface area contributed by atoms with Crippen molar-refractivity contribution in [3.05, 3.63) is 54.1 Å². The van der Waals surface area contributed by atoms with Crippen molar-refractivity contribution in [1.82, 2.24) is 0 Å². The van der Waals surface area contributed by atoms with Gasteiger partial charge in [-0.15, -0.1) is 0 Å². The Labute approximate surface area is 78.6 Å². The lowest BCUT2D eigenvalue weighted by Crippen LogP contribution is -1.81. The van der Waals surface area contributed by atoms with E-state index in [0.29, 0.717) is 5.56 Å². The Kier molecular flexibility index (Phi) is 3.05. The van der Waals surface area contributed by atoms with Crippen LogP contribution >= 0.6 is 0 Å². The Morgan fingerprint density at radius 2 is 2.31 bits per heavy atom. The molecule has 0 amide bonds. The fourth-order valence-electron chi connectivity index (χ4n) is 1.17. The summed E-state index contributed by atoms with van der Waals surface area (Å²) in [6, 6.07) is 9.60. The van der Waals surface area contributed by atoms with Crippen LogP contribution in [0.1, 0.15) is 18.1 Å². The molecular formula is C12H11N. The number of nitrogens with zero attached hydrogens (tertiary/aromatic N) is 1. The van der Waals surface area contributed by atoms with E-state index < -0.39 is 0 Å². The van der Waals surface area contributed by atoms with Crippen LogP contribution in [0.4, 0.5) is 0 Å². The third-order valence-electron chi connectivity index (χ3n) is 1.86. The Morgan fingerprint density at radius 3 is 2.85 bits per heavy atom. The lowest BCUT2D eigenvalue weighted by Gasteiger charge is -2.00. The molecule has 0 aromatic heterocycles. The molecule has 1 nitrogen and oxygen atoms in total. The van der Waals surface area contributed by atoms with Crippen LogP contribution in [0.25, 0.3) is 5.57 Å². The summed E-state index contributed by atoms with van der Waals surface area (Å²) in [6.45, 7) is 5.67. The molecule has 0 aliphatic rings. The van der Waals surface area contributed by atoms with E-state index in [1.165, 1.54) is 0 Å². The summed E-state index contributed by atoms with van der Waals surface area (Å²) in [5.41, 5.74) is 2.77. The lowest BCUT2D eigenvalue weighted by molar-refractivity contribution is 1.47. The minimum atomic E-state index is 0.679. The van der Waals surface area contributed by atoms with E-state index in [-0.39, 0.29) is 0 Å². The molecule has 0 unspecified atom stereocenters. The minimum Gasteiger partial charge on any atom is -0.192 e. The first-order valence-electron chi connectivity index (χ1n) is 4.11. The second-order valence-electron chi connectivity index (χ2n) is 2.64. The van der Waals surface area contributed by atoms with Crippen LogP contribution in [-0.2, 0) is 0 Å². The Balaban J connectivity index is 3.17. The van der Waals surface area contributed by atoms with Crippen LogP contribution in [0, 0.1) is 11.3 Å². The van der Waals surface area contributed by atoms with Crippen molar-refractivity contribution < 1.29 is 0 Å². The van der Waals surface area contributed by atoms with Crippen LogP contribution in [0.3, 0.4) is 0 Å². The number of benzene rings is 1. The summed E-state index contributed by atoms with van der Waals surface area (Å²) < 4.78 is 0. The van der Waals surface area contributed by atoms with Gasteiger partial charge in [-0.3, -0.25) is 0 Å². The Hall–Kier alpha value is -1.81. The molecule has 13 heavy (non-hydrogen) atoms. The fraction of sp³-hybridized carbons (Fsp3) is 0.0833. The summed E-state index contributed by atoms with van der Waals surface area (Å²) in [7, 11) is 0. The summed E-state index contributed by atoms with van der Waals surface area (Å²) in [5, 5.41) is 8.69. The summed E-state index contributed by atoms with van der Waals surface area (Å²) >= 11 is 0. The number of rotatable bonds is 2. The monoisotopic (exact) mass is 169 g/mol. The van der Waals surface area contributed by atoms with Gasteiger partial charge in [0.25, 0.3) is 0 Å². The number of hydrogen-bond donors (Lipinski definition) is 0. The fourth-order valence-corrected chi connectivity index (χ4v) is 1.17. The highest BCUT2D eigenvalue weighted by Crippen LogP contribution is 2.16. The maximum atomic E-state index is 8.69. The molecule has 1 aromatic rings. The molecule has 0 saturated carbocycles. The van der Waals surface area contributed by atoms with E-state index in [1.54, 1.807) is 12.1 Å². The first-order valence-corrected chi connectivity index (χ1v) is 4.11. The summed E-state index contributed by atoms with van der Waals surface area (Å²) in [5.74, 6) is 0. The lowest BCUT2D eigenvalue weighted by atomic mass is 10.0. The standard InChI is InChI=1S/C12H11N/c1-3-11(4-2)12-7-5-6-10(8-12)9-13/h3-8H,1H2,2H3. The van der Waals surface area contributed by atoms with Crippen LogP contribution in [0.5, 0.6) is 0 Å². The van der Waals surface area contributed by atoms with E-state index in [2.05, 4.69) is 12.6 Å². The largest absolute Gasteiger partial charge is 0.192 e. The van der Waals surface area contributed by atoms with Crippen molar-refractivity contribution in [2.75, 3.05) is 0 Å². The SMILES string of the molecule is C=CC(=CC)c1cccc(C#N)c1. The van der Waals surface area contributed by atoms with Crippen LogP contribution in [0.2, 0.25) is 0 Å². The van der Waals surface area contributed by atoms with E-state index >= 15 is 0 Å². The number of allylic oxidation sites excluding steroid dienone is 3. The molecule has 0 bridgehead atoms. The zero-order valence-corrected chi connectivity index (χ0v) is 7.62. The molecule has 64 valence electrons. The molecule has 1 aromatic carbocycles.